The minimum Gasteiger partial charge on any atom is -0.368 e. The van der Waals surface area contributed by atoms with Crippen molar-refractivity contribution in [3.05, 3.63) is 68.0 Å². The molecular formula is C18H17ClN6O4. The predicted octanol–water partition coefficient (Wildman–Crippen LogP) is 3.11. The maximum atomic E-state index is 11.9. The number of urea groups is 1. The van der Waals surface area contributed by atoms with Gasteiger partial charge in [0.05, 0.1) is 10.3 Å². The number of hydrogen-bond acceptors (Lipinski definition) is 6. The number of H-pyrrole nitrogens is 1. The Labute approximate surface area is 169 Å². The van der Waals surface area contributed by atoms with E-state index in [1.807, 2.05) is 6.07 Å². The normalized spacial score (nSPS) is 10.5. The van der Waals surface area contributed by atoms with Crippen LogP contribution in [0.2, 0.25) is 5.02 Å². The molecule has 0 aliphatic heterocycles. The summed E-state index contributed by atoms with van der Waals surface area (Å²) in [6.07, 6.45) is 0.587. The third-order valence-electron chi connectivity index (χ3n) is 4.03. The molecule has 29 heavy (non-hydrogen) atoms. The summed E-state index contributed by atoms with van der Waals surface area (Å²) in [5.41, 5.74) is -0.276. The standard InChI is InChI=1S/C18H17ClN6O4/c19-14-7-6-11(10-15(14)25(28)29)22-18(27)21-9-3-8-20-16-12-4-1-2-5-13(12)17(26)24-23-16/h1-2,4-7,10H,3,8-9H2,(H,20,23)(H,24,26)(H2,21,22,27). The lowest BCUT2D eigenvalue weighted by atomic mass is 10.2. The van der Waals surface area contributed by atoms with Crippen LogP contribution >= 0.6 is 11.6 Å². The number of nitrogens with one attached hydrogen (secondary N) is 4. The topological polar surface area (TPSA) is 142 Å². The Kier molecular flexibility index (Phi) is 6.25. The highest BCUT2D eigenvalue weighted by Gasteiger charge is 2.13. The first-order chi connectivity index (χ1) is 14.0. The van der Waals surface area contributed by atoms with Crippen LogP contribution in [0.3, 0.4) is 0 Å². The molecule has 0 fully saturated rings. The summed E-state index contributed by atoms with van der Waals surface area (Å²) in [4.78, 5) is 34.0. The predicted molar refractivity (Wildman–Crippen MR) is 111 cm³/mol. The molecule has 3 aromatic rings. The molecule has 0 spiro atoms. The monoisotopic (exact) mass is 416 g/mol. The van der Waals surface area contributed by atoms with Gasteiger partial charge >= 0.3 is 6.03 Å². The highest BCUT2D eigenvalue weighted by Crippen LogP contribution is 2.27. The summed E-state index contributed by atoms with van der Waals surface area (Å²) in [6, 6.07) is 10.6. The number of nitro groups is 1. The van der Waals surface area contributed by atoms with Gasteiger partial charge in [0.15, 0.2) is 5.82 Å². The molecule has 0 aliphatic carbocycles. The van der Waals surface area contributed by atoms with Gasteiger partial charge in [-0.25, -0.2) is 9.89 Å². The maximum absolute atomic E-state index is 11.9. The molecule has 2 aromatic carbocycles. The van der Waals surface area contributed by atoms with Crippen molar-refractivity contribution in [3.8, 4) is 0 Å². The van der Waals surface area contributed by atoms with E-state index in [1.54, 1.807) is 18.2 Å². The van der Waals surface area contributed by atoms with E-state index < -0.39 is 11.0 Å². The lowest BCUT2D eigenvalue weighted by Gasteiger charge is -2.10. The van der Waals surface area contributed by atoms with Crippen LogP contribution in [0.25, 0.3) is 10.8 Å². The summed E-state index contributed by atoms with van der Waals surface area (Å²) >= 11 is 5.74. The van der Waals surface area contributed by atoms with Crippen molar-refractivity contribution in [1.82, 2.24) is 15.5 Å². The van der Waals surface area contributed by atoms with Crippen LogP contribution in [-0.2, 0) is 0 Å². The van der Waals surface area contributed by atoms with Gasteiger partial charge in [-0.2, -0.15) is 5.10 Å². The van der Waals surface area contributed by atoms with Gasteiger partial charge in [-0.15, -0.1) is 0 Å². The van der Waals surface area contributed by atoms with Crippen LogP contribution in [0.15, 0.2) is 47.3 Å². The highest BCUT2D eigenvalue weighted by molar-refractivity contribution is 6.32. The average molecular weight is 417 g/mol. The summed E-state index contributed by atoms with van der Waals surface area (Å²) in [5, 5.41) is 26.9. The molecule has 0 atom stereocenters. The number of rotatable bonds is 7. The van der Waals surface area contributed by atoms with Gasteiger partial charge in [0.25, 0.3) is 11.2 Å². The third kappa shape index (κ3) is 4.99. The van der Waals surface area contributed by atoms with Crippen LogP contribution in [0.5, 0.6) is 0 Å². The Balaban J connectivity index is 1.47. The zero-order chi connectivity index (χ0) is 20.8. The molecule has 4 N–H and O–H groups in total. The quantitative estimate of drug-likeness (QED) is 0.265. The molecule has 0 unspecified atom stereocenters. The lowest BCUT2D eigenvalue weighted by Crippen LogP contribution is -2.30. The maximum Gasteiger partial charge on any atom is 0.319 e. The molecule has 0 saturated carbocycles. The number of amides is 2. The molecule has 0 radical (unpaired) electrons. The number of benzene rings is 2. The summed E-state index contributed by atoms with van der Waals surface area (Å²) in [7, 11) is 0. The van der Waals surface area contributed by atoms with E-state index in [1.165, 1.54) is 18.2 Å². The first-order valence-corrected chi connectivity index (χ1v) is 9.03. The highest BCUT2D eigenvalue weighted by atomic mass is 35.5. The minimum absolute atomic E-state index is 0.00424. The SMILES string of the molecule is O=C(NCCCNc1n[nH]c(=O)c2ccccc12)Nc1ccc(Cl)c([N+](=O)[O-])c1. The zero-order valence-corrected chi connectivity index (χ0v) is 15.8. The molecule has 2 amide bonds. The van der Waals surface area contributed by atoms with E-state index in [0.29, 0.717) is 36.1 Å². The number of carbonyl (C=O) groups excluding carboxylic acids is 1. The van der Waals surface area contributed by atoms with Gasteiger partial charge in [-0.05, 0) is 24.6 Å². The second-order valence-corrected chi connectivity index (χ2v) is 6.44. The minimum atomic E-state index is -0.619. The molecule has 11 heteroatoms. The molecule has 0 saturated heterocycles. The number of nitrogens with zero attached hydrogens (tertiary/aromatic N) is 2. The van der Waals surface area contributed by atoms with Crippen LogP contribution in [0, 0.1) is 10.1 Å². The number of fused-ring (bicyclic) bond motifs is 1. The second-order valence-electron chi connectivity index (χ2n) is 6.03. The van der Waals surface area contributed by atoms with Crippen LogP contribution in [-0.4, -0.2) is 34.2 Å². The van der Waals surface area contributed by atoms with Crippen molar-refractivity contribution < 1.29 is 9.72 Å². The Hall–Kier alpha value is -3.66. The average Bonchev–Trinajstić information content (AvgIpc) is 2.71. The van der Waals surface area contributed by atoms with Gasteiger partial charge in [-0.3, -0.25) is 14.9 Å². The van der Waals surface area contributed by atoms with E-state index in [9.17, 15) is 19.7 Å². The van der Waals surface area contributed by atoms with E-state index in [-0.39, 0.29) is 22.0 Å². The Morgan fingerprint density at radius 2 is 1.93 bits per heavy atom. The van der Waals surface area contributed by atoms with E-state index in [0.717, 1.165) is 0 Å². The molecular weight excluding hydrogens is 400 g/mol. The molecule has 1 heterocycles. The van der Waals surface area contributed by atoms with Crippen LogP contribution in [0.1, 0.15) is 6.42 Å². The summed E-state index contributed by atoms with van der Waals surface area (Å²) in [6.45, 7) is 0.867. The Morgan fingerprint density at radius 3 is 2.69 bits per heavy atom. The van der Waals surface area contributed by atoms with E-state index in [4.69, 9.17) is 11.6 Å². The van der Waals surface area contributed by atoms with Gasteiger partial charge in [0.1, 0.15) is 5.02 Å². The number of aromatic nitrogens is 2. The van der Waals surface area contributed by atoms with Crippen LogP contribution in [0.4, 0.5) is 22.0 Å². The molecule has 3 rings (SSSR count). The summed E-state index contributed by atoms with van der Waals surface area (Å²) in [5.74, 6) is 0.554. The lowest BCUT2D eigenvalue weighted by molar-refractivity contribution is -0.384. The van der Waals surface area contributed by atoms with Gasteiger partial charge in [-0.1, -0.05) is 29.8 Å². The van der Waals surface area contributed by atoms with Crippen molar-refractivity contribution in [2.45, 2.75) is 6.42 Å². The first-order valence-electron chi connectivity index (χ1n) is 8.66. The fourth-order valence-corrected chi connectivity index (χ4v) is 2.84. The number of aromatic amines is 1. The largest absolute Gasteiger partial charge is 0.368 e. The Bertz CT molecular complexity index is 1120. The second kappa shape index (κ2) is 9.02. The number of halogens is 1. The van der Waals surface area contributed by atoms with Gasteiger partial charge in [0.2, 0.25) is 0 Å². The van der Waals surface area contributed by atoms with E-state index in [2.05, 4.69) is 26.1 Å². The van der Waals surface area contributed by atoms with Crippen molar-refractivity contribution in [3.63, 3.8) is 0 Å². The number of nitro benzene ring substituents is 1. The third-order valence-corrected chi connectivity index (χ3v) is 4.35. The van der Waals surface area contributed by atoms with Gasteiger partial charge < -0.3 is 16.0 Å². The molecule has 10 nitrogen and oxygen atoms in total. The van der Waals surface area contributed by atoms with Crippen LogP contribution < -0.4 is 21.5 Å². The fraction of sp³-hybridized carbons (Fsp3) is 0.167. The molecule has 1 aromatic heterocycles. The summed E-state index contributed by atoms with van der Waals surface area (Å²) < 4.78 is 0. The van der Waals surface area contributed by atoms with Crippen molar-refractivity contribution in [2.24, 2.45) is 0 Å². The van der Waals surface area contributed by atoms with Crippen molar-refractivity contribution >= 4 is 45.6 Å². The van der Waals surface area contributed by atoms with Gasteiger partial charge in [0, 0.05) is 30.2 Å². The molecule has 0 bridgehead atoms. The smallest absolute Gasteiger partial charge is 0.319 e. The first kappa shape index (κ1) is 20.1. The molecule has 150 valence electrons. The van der Waals surface area contributed by atoms with Crippen molar-refractivity contribution in [1.29, 1.82) is 0 Å². The van der Waals surface area contributed by atoms with Crippen molar-refractivity contribution in [2.75, 3.05) is 23.7 Å². The zero-order valence-electron chi connectivity index (χ0n) is 15.1. The number of hydrogen-bond donors (Lipinski definition) is 4. The Morgan fingerprint density at radius 1 is 1.17 bits per heavy atom. The number of anilines is 2. The van der Waals surface area contributed by atoms with E-state index >= 15 is 0 Å². The molecule has 0 aliphatic rings. The fourth-order valence-electron chi connectivity index (χ4n) is 2.65. The number of carbonyl (C=O) groups is 1.